The zero-order valence-corrected chi connectivity index (χ0v) is 20.0. The summed E-state index contributed by atoms with van der Waals surface area (Å²) >= 11 is 0. The highest BCUT2D eigenvalue weighted by atomic mass is 16.5. The highest BCUT2D eigenvalue weighted by molar-refractivity contribution is 5.87. The van der Waals surface area contributed by atoms with Crippen LogP contribution < -0.4 is 15.0 Å². The molecule has 3 heterocycles. The lowest BCUT2D eigenvalue weighted by Crippen LogP contribution is -2.68. The lowest BCUT2D eigenvalue weighted by molar-refractivity contribution is -0.149. The second-order valence-electron chi connectivity index (χ2n) is 8.74. The number of ether oxygens (including phenoxy) is 2. The van der Waals surface area contributed by atoms with Gasteiger partial charge in [-0.1, -0.05) is 6.92 Å². The molecule has 1 N–H and O–H groups in total. The summed E-state index contributed by atoms with van der Waals surface area (Å²) < 4.78 is 11.1. The van der Waals surface area contributed by atoms with Crippen LogP contribution in [0.4, 0.5) is 5.82 Å². The van der Waals surface area contributed by atoms with Gasteiger partial charge in [0.25, 0.3) is 0 Å². The number of aromatic nitrogens is 3. The van der Waals surface area contributed by atoms with E-state index >= 15 is 0 Å². The Bertz CT molecular complexity index is 964. The van der Waals surface area contributed by atoms with Crippen molar-refractivity contribution in [2.24, 2.45) is 0 Å². The molecular formula is C24H33N5O4. The number of carbonyl (C=O) groups is 2. The van der Waals surface area contributed by atoms with Crippen molar-refractivity contribution in [2.45, 2.75) is 65.1 Å². The fourth-order valence-corrected chi connectivity index (χ4v) is 3.93. The van der Waals surface area contributed by atoms with Crippen molar-refractivity contribution in [1.29, 1.82) is 0 Å². The molecule has 0 radical (unpaired) electrons. The molecule has 1 aliphatic rings. The summed E-state index contributed by atoms with van der Waals surface area (Å²) in [6.45, 7) is 10.8. The van der Waals surface area contributed by atoms with Gasteiger partial charge in [-0.25, -0.2) is 9.97 Å². The molecule has 9 nitrogen and oxygen atoms in total. The van der Waals surface area contributed by atoms with Crippen LogP contribution in [-0.2, 0) is 14.3 Å². The monoisotopic (exact) mass is 455 g/mol. The quantitative estimate of drug-likeness (QED) is 0.571. The minimum Gasteiger partial charge on any atom is -0.484 e. The Kier molecular flexibility index (Phi) is 7.97. The van der Waals surface area contributed by atoms with Crippen molar-refractivity contribution in [2.75, 3.05) is 24.6 Å². The molecule has 2 aromatic rings. The molecule has 9 heteroatoms. The summed E-state index contributed by atoms with van der Waals surface area (Å²) in [6, 6.07) is 5.01. The third kappa shape index (κ3) is 6.04. The van der Waals surface area contributed by atoms with Crippen molar-refractivity contribution in [3.63, 3.8) is 0 Å². The maximum atomic E-state index is 13.1. The number of Topliss-reactive ketones (excluding diaryl/α,β-unsaturated/α-hetero) is 1. The Labute approximate surface area is 194 Å². The zero-order chi connectivity index (χ0) is 24.0. The lowest BCUT2D eigenvalue weighted by Gasteiger charge is -2.48. The number of carbonyl (C=O) groups excluding carboxylic acids is 2. The largest absolute Gasteiger partial charge is 0.484 e. The molecule has 1 aliphatic heterocycles. The Hall–Kier alpha value is -3.07. The van der Waals surface area contributed by atoms with Crippen LogP contribution in [0.2, 0.25) is 0 Å². The zero-order valence-electron chi connectivity index (χ0n) is 20.0. The van der Waals surface area contributed by atoms with Gasteiger partial charge in [0, 0.05) is 31.4 Å². The van der Waals surface area contributed by atoms with Gasteiger partial charge in [-0.05, 0) is 52.3 Å². The van der Waals surface area contributed by atoms with E-state index in [2.05, 4.69) is 25.2 Å². The van der Waals surface area contributed by atoms with Gasteiger partial charge in [0.15, 0.2) is 17.7 Å². The first-order valence-corrected chi connectivity index (χ1v) is 11.3. The number of rotatable bonds is 9. The number of pyridine rings is 1. The fraction of sp³-hybridized carbons (Fsp3) is 0.542. The van der Waals surface area contributed by atoms with E-state index in [0.29, 0.717) is 36.9 Å². The average Bonchev–Trinajstić information content (AvgIpc) is 2.78. The van der Waals surface area contributed by atoms with Gasteiger partial charge in [-0.3, -0.25) is 14.6 Å². The van der Waals surface area contributed by atoms with Gasteiger partial charge in [-0.15, -0.1) is 0 Å². The van der Waals surface area contributed by atoms with E-state index in [1.54, 1.807) is 25.4 Å². The maximum Gasteiger partial charge on any atom is 0.306 e. The molecule has 33 heavy (non-hydrogen) atoms. The number of piperazine rings is 1. The van der Waals surface area contributed by atoms with Crippen molar-refractivity contribution in [1.82, 2.24) is 20.3 Å². The summed E-state index contributed by atoms with van der Waals surface area (Å²) in [5, 5.41) is 3.33. The number of hydrogen-bond donors (Lipinski definition) is 1. The molecule has 0 unspecified atom stereocenters. The molecule has 2 atom stereocenters. The van der Waals surface area contributed by atoms with Gasteiger partial charge in [0.1, 0.15) is 18.2 Å². The van der Waals surface area contributed by atoms with Crippen LogP contribution in [0.15, 0.2) is 30.6 Å². The molecule has 0 bridgehead atoms. The van der Waals surface area contributed by atoms with Crippen molar-refractivity contribution in [3.8, 4) is 5.75 Å². The predicted molar refractivity (Wildman–Crippen MR) is 124 cm³/mol. The molecular weight excluding hydrogens is 422 g/mol. The van der Waals surface area contributed by atoms with E-state index in [1.807, 2.05) is 39.8 Å². The molecule has 1 fully saturated rings. The molecule has 3 rings (SSSR count). The summed E-state index contributed by atoms with van der Waals surface area (Å²) in [6.07, 6.45) is 3.81. The van der Waals surface area contributed by atoms with Crippen LogP contribution in [0.3, 0.4) is 0 Å². The molecule has 1 saturated heterocycles. The number of hydrogen-bond acceptors (Lipinski definition) is 9. The van der Waals surface area contributed by atoms with Crippen LogP contribution >= 0.6 is 0 Å². The van der Waals surface area contributed by atoms with E-state index in [0.717, 1.165) is 12.1 Å². The first kappa shape index (κ1) is 24.6. The normalized spacial score (nSPS) is 18.5. The molecule has 0 amide bonds. The topological polar surface area (TPSA) is 107 Å². The first-order valence-electron chi connectivity index (χ1n) is 11.3. The van der Waals surface area contributed by atoms with Gasteiger partial charge < -0.3 is 19.7 Å². The van der Waals surface area contributed by atoms with E-state index in [-0.39, 0.29) is 18.4 Å². The minimum atomic E-state index is -0.571. The Balaban J connectivity index is 1.71. The van der Waals surface area contributed by atoms with E-state index < -0.39 is 17.7 Å². The number of nitrogens with zero attached hydrogens (tertiary/aromatic N) is 4. The second-order valence-corrected chi connectivity index (χ2v) is 8.74. The van der Waals surface area contributed by atoms with E-state index in [9.17, 15) is 9.59 Å². The fourth-order valence-electron chi connectivity index (χ4n) is 3.93. The number of esters is 1. The van der Waals surface area contributed by atoms with Gasteiger partial charge in [0.05, 0.1) is 17.8 Å². The van der Waals surface area contributed by atoms with Gasteiger partial charge in [0.2, 0.25) is 0 Å². The van der Waals surface area contributed by atoms with Gasteiger partial charge in [-0.2, -0.15) is 0 Å². The van der Waals surface area contributed by atoms with Crippen molar-refractivity contribution < 1.29 is 19.1 Å². The molecule has 0 saturated carbocycles. The molecule has 0 aromatic carbocycles. The molecule has 2 aromatic heterocycles. The van der Waals surface area contributed by atoms with Crippen molar-refractivity contribution in [3.05, 3.63) is 42.1 Å². The number of anilines is 1. The summed E-state index contributed by atoms with van der Waals surface area (Å²) in [5.74, 6) is 1.36. The second kappa shape index (κ2) is 10.7. The smallest absolute Gasteiger partial charge is 0.306 e. The maximum absolute atomic E-state index is 13.1. The van der Waals surface area contributed by atoms with Crippen LogP contribution in [0.25, 0.3) is 0 Å². The number of aryl methyl sites for hydroxylation is 1. The van der Waals surface area contributed by atoms with Crippen LogP contribution in [0.5, 0.6) is 5.75 Å². The Morgan fingerprint density at radius 2 is 2.06 bits per heavy atom. The first-order chi connectivity index (χ1) is 15.7. The standard InChI is InChI=1S/C24H33N5O4/c1-6-7-21(31)33-17(3)23-26-11-10-20(28-23)29-13-12-25-22(24(29,4)5)19(30)15-32-18-9-8-16(2)27-14-18/h8-11,14,17,22,25H,6-7,12-13,15H2,1-5H3/t17-,22+/m1/s1. The van der Waals surface area contributed by atoms with Crippen LogP contribution in [0.1, 0.15) is 58.2 Å². The summed E-state index contributed by atoms with van der Waals surface area (Å²) in [4.78, 5) is 40.2. The predicted octanol–water partition coefficient (Wildman–Crippen LogP) is 2.79. The molecule has 178 valence electrons. The van der Waals surface area contributed by atoms with Gasteiger partial charge >= 0.3 is 5.97 Å². The van der Waals surface area contributed by atoms with Crippen LogP contribution in [-0.4, -0.2) is 58.0 Å². The lowest BCUT2D eigenvalue weighted by atomic mass is 9.87. The number of nitrogens with one attached hydrogen (secondary N) is 1. The average molecular weight is 456 g/mol. The van der Waals surface area contributed by atoms with Crippen LogP contribution in [0, 0.1) is 6.92 Å². The molecule has 0 spiro atoms. The van der Waals surface area contributed by atoms with E-state index in [1.165, 1.54) is 0 Å². The minimum absolute atomic E-state index is 0.0542. The Morgan fingerprint density at radius 3 is 2.76 bits per heavy atom. The highest BCUT2D eigenvalue weighted by Crippen LogP contribution is 2.29. The molecule has 0 aliphatic carbocycles. The number of ketones is 1. The highest BCUT2D eigenvalue weighted by Gasteiger charge is 2.43. The third-order valence-electron chi connectivity index (χ3n) is 5.74. The van der Waals surface area contributed by atoms with E-state index in [4.69, 9.17) is 9.47 Å². The SMILES string of the molecule is CCCC(=O)O[C@H](C)c1nccc(N2CCN[C@@H](C(=O)COc3ccc(C)nc3)C2(C)C)n1. The Morgan fingerprint density at radius 1 is 1.27 bits per heavy atom. The summed E-state index contributed by atoms with van der Waals surface area (Å²) in [7, 11) is 0. The summed E-state index contributed by atoms with van der Waals surface area (Å²) in [5.41, 5.74) is 0.316. The van der Waals surface area contributed by atoms with Crippen molar-refractivity contribution >= 4 is 17.6 Å². The third-order valence-corrected chi connectivity index (χ3v) is 5.74.